The van der Waals surface area contributed by atoms with E-state index in [0.717, 1.165) is 17.0 Å². The molecule has 0 radical (unpaired) electrons. The number of methoxy groups -OCH3 is 1. The monoisotopic (exact) mass is 374 g/mol. The lowest BCUT2D eigenvalue weighted by Crippen LogP contribution is -2.37. The number of hydrogen-bond donors (Lipinski definition) is 0. The van der Waals surface area contributed by atoms with E-state index in [1.807, 2.05) is 32.0 Å². The highest BCUT2D eigenvalue weighted by Crippen LogP contribution is 2.31. The Balaban J connectivity index is 2.61. The van der Waals surface area contributed by atoms with Crippen LogP contribution >= 0.6 is 0 Å². The number of carbonyl (C=O) groups excluding carboxylic acids is 2. The van der Waals surface area contributed by atoms with Crippen LogP contribution in [-0.2, 0) is 19.1 Å². The molecule has 7 heteroatoms. The second-order valence-electron chi connectivity index (χ2n) is 6.07. The van der Waals surface area contributed by atoms with Gasteiger partial charge in [-0.15, -0.1) is 0 Å². The quantitative estimate of drug-likeness (QED) is 0.522. The SMILES string of the molecule is CCOC(=O)C(C(=O)OCC)C(c1ccc(OC)cc1)n1nc(C)cc1C. The summed E-state index contributed by atoms with van der Waals surface area (Å²) in [4.78, 5) is 25.4. The van der Waals surface area contributed by atoms with Gasteiger partial charge in [-0.05, 0) is 51.5 Å². The van der Waals surface area contributed by atoms with Crippen LogP contribution in [0.2, 0.25) is 0 Å². The van der Waals surface area contributed by atoms with Gasteiger partial charge >= 0.3 is 11.9 Å². The first-order valence-electron chi connectivity index (χ1n) is 8.92. The zero-order valence-corrected chi connectivity index (χ0v) is 16.4. The molecule has 2 aromatic rings. The van der Waals surface area contributed by atoms with Gasteiger partial charge in [0.15, 0.2) is 5.92 Å². The van der Waals surface area contributed by atoms with Crippen LogP contribution in [0.1, 0.15) is 36.8 Å². The number of rotatable bonds is 8. The van der Waals surface area contributed by atoms with Crippen molar-refractivity contribution in [3.05, 3.63) is 47.3 Å². The van der Waals surface area contributed by atoms with Crippen LogP contribution in [-0.4, -0.2) is 42.0 Å². The zero-order valence-electron chi connectivity index (χ0n) is 16.4. The van der Waals surface area contributed by atoms with Gasteiger partial charge in [-0.1, -0.05) is 12.1 Å². The molecule has 146 valence electrons. The van der Waals surface area contributed by atoms with Gasteiger partial charge < -0.3 is 14.2 Å². The maximum Gasteiger partial charge on any atom is 0.322 e. The number of aryl methyl sites for hydroxylation is 2. The Kier molecular flexibility index (Phi) is 6.98. The number of hydrogen-bond acceptors (Lipinski definition) is 6. The van der Waals surface area contributed by atoms with E-state index in [-0.39, 0.29) is 13.2 Å². The molecule has 0 saturated carbocycles. The minimum atomic E-state index is -1.17. The molecule has 0 N–H and O–H groups in total. The predicted molar refractivity (Wildman–Crippen MR) is 99.6 cm³/mol. The Morgan fingerprint density at radius 1 is 1.04 bits per heavy atom. The summed E-state index contributed by atoms with van der Waals surface area (Å²) >= 11 is 0. The van der Waals surface area contributed by atoms with Crippen LogP contribution < -0.4 is 4.74 Å². The van der Waals surface area contributed by atoms with E-state index in [1.165, 1.54) is 0 Å². The van der Waals surface area contributed by atoms with E-state index in [2.05, 4.69) is 5.10 Å². The summed E-state index contributed by atoms with van der Waals surface area (Å²) in [7, 11) is 1.58. The Morgan fingerprint density at radius 2 is 1.59 bits per heavy atom. The molecular weight excluding hydrogens is 348 g/mol. The molecule has 0 amide bonds. The van der Waals surface area contributed by atoms with E-state index in [4.69, 9.17) is 14.2 Å². The Bertz CT molecular complexity index is 764. The van der Waals surface area contributed by atoms with Crippen molar-refractivity contribution in [1.82, 2.24) is 9.78 Å². The van der Waals surface area contributed by atoms with Crippen LogP contribution in [0, 0.1) is 19.8 Å². The van der Waals surface area contributed by atoms with Crippen molar-refractivity contribution < 1.29 is 23.8 Å². The van der Waals surface area contributed by atoms with E-state index < -0.39 is 23.9 Å². The van der Waals surface area contributed by atoms with Crippen LogP contribution in [0.3, 0.4) is 0 Å². The van der Waals surface area contributed by atoms with Crippen molar-refractivity contribution in [2.24, 2.45) is 5.92 Å². The van der Waals surface area contributed by atoms with Crippen LogP contribution in [0.25, 0.3) is 0 Å². The molecule has 27 heavy (non-hydrogen) atoms. The highest BCUT2D eigenvalue weighted by molar-refractivity contribution is 5.96. The first-order valence-corrected chi connectivity index (χ1v) is 8.92. The molecular formula is C20H26N2O5. The van der Waals surface area contributed by atoms with Gasteiger partial charge in [0.1, 0.15) is 11.8 Å². The minimum Gasteiger partial charge on any atom is -0.497 e. The molecule has 1 heterocycles. The van der Waals surface area contributed by atoms with Crippen molar-refractivity contribution >= 4 is 11.9 Å². The lowest BCUT2D eigenvalue weighted by molar-refractivity contribution is -0.163. The Hall–Kier alpha value is -2.83. The van der Waals surface area contributed by atoms with Crippen LogP contribution in [0.15, 0.2) is 30.3 Å². The summed E-state index contributed by atoms with van der Waals surface area (Å²) in [5.74, 6) is -1.76. The molecule has 0 aliphatic heterocycles. The minimum absolute atomic E-state index is 0.168. The number of aromatic nitrogens is 2. The second-order valence-corrected chi connectivity index (χ2v) is 6.07. The lowest BCUT2D eigenvalue weighted by atomic mass is 9.92. The number of ether oxygens (including phenoxy) is 3. The fraction of sp³-hybridized carbons (Fsp3) is 0.450. The normalized spacial score (nSPS) is 11.9. The van der Waals surface area contributed by atoms with Crippen molar-refractivity contribution in [2.75, 3.05) is 20.3 Å². The van der Waals surface area contributed by atoms with Crippen molar-refractivity contribution in [3.8, 4) is 5.75 Å². The van der Waals surface area contributed by atoms with Gasteiger partial charge in [0.05, 0.1) is 26.0 Å². The average molecular weight is 374 g/mol. The molecule has 0 fully saturated rings. The molecule has 0 aliphatic rings. The maximum atomic E-state index is 12.7. The molecule has 0 aliphatic carbocycles. The number of carbonyl (C=O) groups is 2. The zero-order chi connectivity index (χ0) is 20.0. The van der Waals surface area contributed by atoms with Gasteiger partial charge in [0, 0.05) is 5.69 Å². The number of esters is 2. The summed E-state index contributed by atoms with van der Waals surface area (Å²) in [5, 5.41) is 4.51. The third kappa shape index (κ3) is 4.67. The molecule has 2 rings (SSSR count). The third-order valence-electron chi connectivity index (χ3n) is 4.16. The number of benzene rings is 1. The first kappa shape index (κ1) is 20.5. The molecule has 1 aromatic heterocycles. The molecule has 0 saturated heterocycles. The van der Waals surface area contributed by atoms with E-state index in [9.17, 15) is 9.59 Å². The fourth-order valence-corrected chi connectivity index (χ4v) is 3.02. The summed E-state index contributed by atoms with van der Waals surface area (Å²) in [6.45, 7) is 7.47. The molecule has 0 bridgehead atoms. The fourth-order valence-electron chi connectivity index (χ4n) is 3.02. The highest BCUT2D eigenvalue weighted by Gasteiger charge is 2.40. The molecule has 1 aromatic carbocycles. The van der Waals surface area contributed by atoms with Gasteiger partial charge in [0.2, 0.25) is 0 Å². The predicted octanol–water partition coefficient (Wildman–Crippen LogP) is 2.84. The van der Waals surface area contributed by atoms with E-state index in [0.29, 0.717) is 5.75 Å². The molecule has 1 unspecified atom stereocenters. The Labute approximate surface area is 159 Å². The van der Waals surface area contributed by atoms with Gasteiger partial charge in [0.25, 0.3) is 0 Å². The van der Waals surface area contributed by atoms with Gasteiger partial charge in [-0.2, -0.15) is 5.10 Å². The lowest BCUT2D eigenvalue weighted by Gasteiger charge is -2.26. The smallest absolute Gasteiger partial charge is 0.322 e. The molecule has 7 nitrogen and oxygen atoms in total. The van der Waals surface area contributed by atoms with Crippen LogP contribution in [0.5, 0.6) is 5.75 Å². The average Bonchev–Trinajstić information content (AvgIpc) is 2.97. The van der Waals surface area contributed by atoms with Crippen molar-refractivity contribution in [3.63, 3.8) is 0 Å². The van der Waals surface area contributed by atoms with Gasteiger partial charge in [-0.3, -0.25) is 14.3 Å². The molecule has 0 spiro atoms. The summed E-state index contributed by atoms with van der Waals surface area (Å²) in [6.07, 6.45) is 0. The van der Waals surface area contributed by atoms with Gasteiger partial charge in [-0.25, -0.2) is 0 Å². The topological polar surface area (TPSA) is 79.7 Å². The summed E-state index contributed by atoms with van der Waals surface area (Å²) < 4.78 is 17.2. The largest absolute Gasteiger partial charge is 0.497 e. The highest BCUT2D eigenvalue weighted by atomic mass is 16.6. The summed E-state index contributed by atoms with van der Waals surface area (Å²) in [6, 6.07) is 8.38. The van der Waals surface area contributed by atoms with Crippen molar-refractivity contribution in [2.45, 2.75) is 33.7 Å². The van der Waals surface area contributed by atoms with Crippen LogP contribution in [0.4, 0.5) is 0 Å². The molecule has 1 atom stereocenters. The third-order valence-corrected chi connectivity index (χ3v) is 4.16. The summed E-state index contributed by atoms with van der Waals surface area (Å²) in [5.41, 5.74) is 2.34. The first-order chi connectivity index (χ1) is 12.9. The standard InChI is InChI=1S/C20H26N2O5/c1-6-26-19(23)17(20(24)27-7-2)18(22-14(4)12-13(3)21-22)15-8-10-16(25-5)11-9-15/h8-12,17-18H,6-7H2,1-5H3. The Morgan fingerprint density at radius 3 is 2.00 bits per heavy atom. The van der Waals surface area contributed by atoms with E-state index in [1.54, 1.807) is 37.8 Å². The number of nitrogens with zero attached hydrogens (tertiary/aromatic N) is 2. The second kappa shape index (κ2) is 9.21. The maximum absolute atomic E-state index is 12.7. The van der Waals surface area contributed by atoms with E-state index >= 15 is 0 Å². The van der Waals surface area contributed by atoms with Crippen molar-refractivity contribution in [1.29, 1.82) is 0 Å².